The smallest absolute Gasteiger partial charge is 0.312 e. The number of nitrogens with one attached hydrogen (secondary N) is 2. The monoisotopic (exact) mass is 393 g/mol. The zero-order valence-electron chi connectivity index (χ0n) is 15.5. The molecule has 0 aromatic heterocycles. The van der Waals surface area contributed by atoms with Gasteiger partial charge in [0.05, 0.1) is 12.5 Å². The number of nitrogens with two attached hydrogens (primary N) is 1. The molecule has 0 fully saturated rings. The zero-order valence-corrected chi connectivity index (χ0v) is 15.5. The first-order chi connectivity index (χ1) is 14.0. The number of anilines is 1. The van der Waals surface area contributed by atoms with Gasteiger partial charge in [0.1, 0.15) is 17.3 Å². The Morgan fingerprint density at radius 3 is 2.17 bits per heavy atom. The van der Waals surface area contributed by atoms with Gasteiger partial charge in [-0.25, -0.2) is 9.18 Å². The fraction of sp³-hybridized carbons (Fsp3) is 0.0909. The van der Waals surface area contributed by atoms with E-state index in [1.807, 2.05) is 30.3 Å². The molecule has 148 valence electrons. The summed E-state index contributed by atoms with van der Waals surface area (Å²) in [6, 6.07) is 20.3. The number of amides is 3. The third-order valence-electron chi connectivity index (χ3n) is 4.10. The van der Waals surface area contributed by atoms with Gasteiger partial charge in [-0.15, -0.1) is 0 Å². The van der Waals surface area contributed by atoms with Crippen LogP contribution in [0.5, 0.6) is 11.5 Å². The van der Waals surface area contributed by atoms with E-state index >= 15 is 0 Å². The molecule has 3 aromatic carbocycles. The third kappa shape index (κ3) is 5.80. The molecule has 0 unspecified atom stereocenters. The van der Waals surface area contributed by atoms with E-state index < -0.39 is 23.8 Å². The summed E-state index contributed by atoms with van der Waals surface area (Å²) in [5.41, 5.74) is 5.90. The standard InChI is InChI=1S/C22H20FN3O3/c23-19-9-5-4-8-18(19)20(26-22(24)28)14-21(27)25-15-10-12-17(13-11-15)29-16-6-2-1-3-7-16/h1-13,20H,14H2,(H,25,27)(H3,24,26,28)/t20-/m0/s1. The summed E-state index contributed by atoms with van der Waals surface area (Å²) >= 11 is 0. The maximum Gasteiger partial charge on any atom is 0.312 e. The van der Waals surface area contributed by atoms with Crippen LogP contribution in [0.3, 0.4) is 0 Å². The predicted molar refractivity (Wildman–Crippen MR) is 108 cm³/mol. The number of benzene rings is 3. The van der Waals surface area contributed by atoms with E-state index in [9.17, 15) is 14.0 Å². The fourth-order valence-corrected chi connectivity index (χ4v) is 2.80. The lowest BCUT2D eigenvalue weighted by atomic mass is 10.0. The number of ether oxygens (including phenoxy) is 1. The number of hydrogen-bond donors (Lipinski definition) is 3. The molecular weight excluding hydrogens is 373 g/mol. The zero-order chi connectivity index (χ0) is 20.6. The van der Waals surface area contributed by atoms with E-state index in [1.54, 1.807) is 30.3 Å². The van der Waals surface area contributed by atoms with Crippen molar-refractivity contribution in [1.82, 2.24) is 5.32 Å². The number of rotatable bonds is 7. The van der Waals surface area contributed by atoms with Crippen LogP contribution in [0.1, 0.15) is 18.0 Å². The molecule has 4 N–H and O–H groups in total. The molecule has 0 saturated heterocycles. The molecule has 0 aliphatic carbocycles. The van der Waals surface area contributed by atoms with Crippen LogP contribution in [0.15, 0.2) is 78.9 Å². The lowest BCUT2D eigenvalue weighted by Crippen LogP contribution is -2.35. The minimum absolute atomic E-state index is 0.174. The Morgan fingerprint density at radius 2 is 1.52 bits per heavy atom. The Labute approximate surface area is 167 Å². The summed E-state index contributed by atoms with van der Waals surface area (Å²) in [5.74, 6) is 0.397. The first kappa shape index (κ1) is 19.9. The van der Waals surface area contributed by atoms with Crippen molar-refractivity contribution in [3.05, 3.63) is 90.2 Å². The molecule has 0 aliphatic heterocycles. The summed E-state index contributed by atoms with van der Waals surface area (Å²) in [6.45, 7) is 0. The molecular formula is C22H20FN3O3. The van der Waals surface area contributed by atoms with E-state index in [0.717, 1.165) is 0 Å². The molecule has 1 atom stereocenters. The van der Waals surface area contributed by atoms with Crippen molar-refractivity contribution in [2.24, 2.45) is 5.73 Å². The Hall–Kier alpha value is -3.87. The van der Waals surface area contributed by atoms with Gasteiger partial charge in [0.2, 0.25) is 5.91 Å². The highest BCUT2D eigenvalue weighted by Crippen LogP contribution is 2.24. The van der Waals surface area contributed by atoms with Gasteiger partial charge in [-0.05, 0) is 42.5 Å². The molecule has 0 aliphatic rings. The van der Waals surface area contributed by atoms with Gasteiger partial charge in [-0.1, -0.05) is 36.4 Å². The summed E-state index contributed by atoms with van der Waals surface area (Å²) in [5, 5.41) is 5.12. The van der Waals surface area contributed by atoms with E-state index in [-0.39, 0.29) is 12.0 Å². The van der Waals surface area contributed by atoms with E-state index in [0.29, 0.717) is 17.2 Å². The predicted octanol–water partition coefficient (Wildman–Crippen LogP) is 4.36. The van der Waals surface area contributed by atoms with Crippen molar-refractivity contribution < 1.29 is 18.7 Å². The van der Waals surface area contributed by atoms with Crippen molar-refractivity contribution in [3.63, 3.8) is 0 Å². The number of primary amides is 1. The molecule has 3 amide bonds. The summed E-state index contributed by atoms with van der Waals surface area (Å²) in [6.07, 6.45) is -0.174. The van der Waals surface area contributed by atoms with Gasteiger partial charge >= 0.3 is 6.03 Å². The summed E-state index contributed by atoms with van der Waals surface area (Å²) in [4.78, 5) is 23.7. The number of carbonyl (C=O) groups excluding carboxylic acids is 2. The van der Waals surface area contributed by atoms with Gasteiger partial charge in [-0.2, -0.15) is 0 Å². The quantitative estimate of drug-likeness (QED) is 0.557. The average molecular weight is 393 g/mol. The molecule has 29 heavy (non-hydrogen) atoms. The van der Waals surface area contributed by atoms with E-state index in [4.69, 9.17) is 10.5 Å². The van der Waals surface area contributed by atoms with Gasteiger partial charge in [0.15, 0.2) is 0 Å². The van der Waals surface area contributed by atoms with Crippen molar-refractivity contribution >= 4 is 17.6 Å². The molecule has 7 heteroatoms. The van der Waals surface area contributed by atoms with Gasteiger partial charge in [-0.3, -0.25) is 4.79 Å². The molecule has 0 saturated carbocycles. The molecule has 3 aromatic rings. The Bertz CT molecular complexity index is 978. The highest BCUT2D eigenvalue weighted by molar-refractivity contribution is 5.91. The SMILES string of the molecule is NC(=O)N[C@@H](CC(=O)Nc1ccc(Oc2ccccc2)cc1)c1ccccc1F. The molecule has 0 heterocycles. The normalized spacial score (nSPS) is 11.3. The van der Waals surface area contributed by atoms with Crippen molar-refractivity contribution in [2.75, 3.05) is 5.32 Å². The topological polar surface area (TPSA) is 93.5 Å². The highest BCUT2D eigenvalue weighted by atomic mass is 19.1. The number of carbonyl (C=O) groups is 2. The van der Waals surface area contributed by atoms with Crippen LogP contribution in [-0.4, -0.2) is 11.9 Å². The van der Waals surface area contributed by atoms with Gasteiger partial charge in [0, 0.05) is 11.3 Å². The van der Waals surface area contributed by atoms with Crippen LogP contribution in [0.2, 0.25) is 0 Å². The van der Waals surface area contributed by atoms with Crippen molar-refractivity contribution in [1.29, 1.82) is 0 Å². The van der Waals surface area contributed by atoms with Crippen LogP contribution in [0.4, 0.5) is 14.9 Å². The Kier molecular flexibility index (Phi) is 6.42. The average Bonchev–Trinajstić information content (AvgIpc) is 2.70. The maximum atomic E-state index is 14.1. The maximum absolute atomic E-state index is 14.1. The van der Waals surface area contributed by atoms with Crippen molar-refractivity contribution in [3.8, 4) is 11.5 Å². The lowest BCUT2D eigenvalue weighted by Gasteiger charge is -2.18. The molecule has 6 nitrogen and oxygen atoms in total. The molecule has 0 radical (unpaired) electrons. The largest absolute Gasteiger partial charge is 0.457 e. The highest BCUT2D eigenvalue weighted by Gasteiger charge is 2.20. The van der Waals surface area contributed by atoms with Gasteiger partial charge < -0.3 is 21.1 Å². The second kappa shape index (κ2) is 9.36. The second-order valence-electron chi connectivity index (χ2n) is 6.27. The molecule has 3 rings (SSSR count). The van der Waals surface area contributed by atoms with E-state index in [1.165, 1.54) is 18.2 Å². The first-order valence-corrected chi connectivity index (χ1v) is 8.94. The Balaban J connectivity index is 1.64. The number of hydrogen-bond acceptors (Lipinski definition) is 3. The summed E-state index contributed by atoms with van der Waals surface area (Å²) in [7, 11) is 0. The van der Waals surface area contributed by atoms with Crippen molar-refractivity contribution in [2.45, 2.75) is 12.5 Å². The van der Waals surface area contributed by atoms with E-state index in [2.05, 4.69) is 10.6 Å². The summed E-state index contributed by atoms with van der Waals surface area (Å²) < 4.78 is 19.8. The first-order valence-electron chi connectivity index (χ1n) is 8.94. The van der Waals surface area contributed by atoms with Crippen LogP contribution >= 0.6 is 0 Å². The lowest BCUT2D eigenvalue weighted by molar-refractivity contribution is -0.116. The number of para-hydroxylation sites is 1. The van der Waals surface area contributed by atoms with Crippen LogP contribution < -0.4 is 21.1 Å². The molecule has 0 spiro atoms. The molecule has 0 bridgehead atoms. The van der Waals surface area contributed by atoms with Crippen LogP contribution in [0.25, 0.3) is 0 Å². The number of urea groups is 1. The minimum atomic E-state index is -0.880. The van der Waals surface area contributed by atoms with Gasteiger partial charge in [0.25, 0.3) is 0 Å². The Morgan fingerprint density at radius 1 is 0.897 bits per heavy atom. The minimum Gasteiger partial charge on any atom is -0.457 e. The van der Waals surface area contributed by atoms with Crippen LogP contribution in [-0.2, 0) is 4.79 Å². The number of halogens is 1. The second-order valence-corrected chi connectivity index (χ2v) is 6.27. The fourth-order valence-electron chi connectivity index (χ4n) is 2.80. The third-order valence-corrected chi connectivity index (χ3v) is 4.10. The van der Waals surface area contributed by atoms with Crippen LogP contribution in [0, 0.1) is 5.82 Å².